The number of hydrogen-bond acceptors (Lipinski definition) is 3. The van der Waals surface area contributed by atoms with Gasteiger partial charge in [-0.2, -0.15) is 4.31 Å². The van der Waals surface area contributed by atoms with Gasteiger partial charge in [0.25, 0.3) is 0 Å². The maximum atomic E-state index is 13.1. The van der Waals surface area contributed by atoms with Gasteiger partial charge in [-0.25, -0.2) is 12.8 Å². The van der Waals surface area contributed by atoms with Gasteiger partial charge in [0.05, 0.1) is 10.8 Å². The molecule has 3 rings (SSSR count). The van der Waals surface area contributed by atoms with Crippen LogP contribution >= 0.6 is 23.2 Å². The monoisotopic (exact) mass is 444 g/mol. The zero-order chi connectivity index (χ0) is 20.3. The van der Waals surface area contributed by atoms with Crippen molar-refractivity contribution in [3.05, 3.63) is 63.9 Å². The van der Waals surface area contributed by atoms with Crippen molar-refractivity contribution in [2.24, 2.45) is 5.92 Å². The average Bonchev–Trinajstić information content (AvgIpc) is 2.67. The largest absolute Gasteiger partial charge is 0.352 e. The van der Waals surface area contributed by atoms with Crippen molar-refractivity contribution in [1.82, 2.24) is 9.62 Å². The Morgan fingerprint density at radius 2 is 1.89 bits per heavy atom. The van der Waals surface area contributed by atoms with Crippen molar-refractivity contribution < 1.29 is 17.6 Å². The van der Waals surface area contributed by atoms with E-state index in [1.807, 2.05) is 0 Å². The third-order valence-electron chi connectivity index (χ3n) is 4.67. The van der Waals surface area contributed by atoms with Crippen LogP contribution in [0.2, 0.25) is 10.0 Å². The summed E-state index contributed by atoms with van der Waals surface area (Å²) in [6.45, 7) is 0.641. The number of nitrogens with one attached hydrogen (secondary N) is 1. The average molecular weight is 445 g/mol. The third kappa shape index (κ3) is 4.84. The molecule has 0 spiro atoms. The Morgan fingerprint density at radius 3 is 2.57 bits per heavy atom. The summed E-state index contributed by atoms with van der Waals surface area (Å²) in [5.74, 6) is -1.20. The molecule has 0 radical (unpaired) electrons. The van der Waals surface area contributed by atoms with E-state index in [1.54, 1.807) is 18.2 Å². The first kappa shape index (κ1) is 21.0. The van der Waals surface area contributed by atoms with Crippen LogP contribution in [0.1, 0.15) is 18.4 Å². The summed E-state index contributed by atoms with van der Waals surface area (Å²) < 4.78 is 39.9. The van der Waals surface area contributed by atoms with Gasteiger partial charge in [0, 0.05) is 29.7 Å². The molecule has 1 aliphatic rings. The van der Waals surface area contributed by atoms with Crippen molar-refractivity contribution in [1.29, 1.82) is 0 Å². The smallest absolute Gasteiger partial charge is 0.243 e. The topological polar surface area (TPSA) is 66.5 Å². The molecule has 28 heavy (non-hydrogen) atoms. The first-order valence-electron chi connectivity index (χ1n) is 8.75. The standard InChI is InChI=1S/C19H19Cl2FN2O3S/c20-15-4-3-13(18(21)10-15)11-23-19(25)14-2-1-9-24(12-14)28(26,27)17-7-5-16(22)6-8-17/h3-8,10,14H,1-2,9,11-12H2,(H,23,25)/t14-/m0/s1. The van der Waals surface area contributed by atoms with Gasteiger partial charge in [0.15, 0.2) is 0 Å². The number of nitrogens with zero attached hydrogens (tertiary/aromatic N) is 1. The second-order valence-corrected chi connectivity index (χ2v) is 9.39. The highest BCUT2D eigenvalue weighted by molar-refractivity contribution is 7.89. The molecule has 1 fully saturated rings. The van der Waals surface area contributed by atoms with E-state index in [2.05, 4.69) is 5.32 Å². The molecule has 0 aliphatic carbocycles. The molecule has 5 nitrogen and oxygen atoms in total. The van der Waals surface area contributed by atoms with Gasteiger partial charge in [-0.05, 0) is 54.8 Å². The van der Waals surface area contributed by atoms with E-state index < -0.39 is 21.8 Å². The van der Waals surface area contributed by atoms with Crippen LogP contribution in [0.15, 0.2) is 47.4 Å². The Bertz CT molecular complexity index is 968. The highest BCUT2D eigenvalue weighted by Gasteiger charge is 2.33. The Balaban J connectivity index is 1.65. The van der Waals surface area contributed by atoms with Crippen molar-refractivity contribution in [3.63, 3.8) is 0 Å². The summed E-state index contributed by atoms with van der Waals surface area (Å²) in [7, 11) is -3.77. The second kappa shape index (κ2) is 8.78. The fourth-order valence-electron chi connectivity index (χ4n) is 3.12. The lowest BCUT2D eigenvalue weighted by Crippen LogP contribution is -2.45. The van der Waals surface area contributed by atoms with E-state index in [-0.39, 0.29) is 23.9 Å². The van der Waals surface area contributed by atoms with Gasteiger partial charge in [-0.1, -0.05) is 29.3 Å². The third-order valence-corrected chi connectivity index (χ3v) is 7.14. The molecule has 1 amide bonds. The first-order valence-corrected chi connectivity index (χ1v) is 10.9. The van der Waals surface area contributed by atoms with Crippen LogP contribution in [0.5, 0.6) is 0 Å². The summed E-state index contributed by atoms with van der Waals surface area (Å²) in [6.07, 6.45) is 1.16. The minimum absolute atomic E-state index is 0.0166. The van der Waals surface area contributed by atoms with E-state index >= 15 is 0 Å². The molecule has 1 aliphatic heterocycles. The van der Waals surface area contributed by atoms with Gasteiger partial charge < -0.3 is 5.32 Å². The number of rotatable bonds is 5. The molecule has 2 aromatic carbocycles. The molecule has 0 bridgehead atoms. The zero-order valence-corrected chi connectivity index (χ0v) is 17.2. The van der Waals surface area contributed by atoms with Crippen LogP contribution in [-0.2, 0) is 21.4 Å². The van der Waals surface area contributed by atoms with Gasteiger partial charge in [0.2, 0.25) is 15.9 Å². The summed E-state index contributed by atoms with van der Waals surface area (Å²) >= 11 is 12.0. The Kier molecular flexibility index (Phi) is 6.60. The Labute approximate surface area is 173 Å². The van der Waals surface area contributed by atoms with Gasteiger partial charge in [-0.15, -0.1) is 0 Å². The summed E-state index contributed by atoms with van der Waals surface area (Å²) in [5, 5.41) is 3.77. The molecule has 150 valence electrons. The fourth-order valence-corrected chi connectivity index (χ4v) is 5.12. The highest BCUT2D eigenvalue weighted by Crippen LogP contribution is 2.25. The minimum Gasteiger partial charge on any atom is -0.352 e. The number of carbonyl (C=O) groups is 1. The van der Waals surface area contributed by atoms with Crippen molar-refractivity contribution in [3.8, 4) is 0 Å². The maximum absolute atomic E-state index is 13.1. The van der Waals surface area contributed by atoms with E-state index in [9.17, 15) is 17.6 Å². The van der Waals surface area contributed by atoms with Crippen LogP contribution in [0.4, 0.5) is 4.39 Å². The molecule has 1 saturated heterocycles. The van der Waals surface area contributed by atoms with Crippen LogP contribution in [0.25, 0.3) is 0 Å². The maximum Gasteiger partial charge on any atom is 0.243 e. The number of halogens is 3. The van der Waals surface area contributed by atoms with E-state index in [4.69, 9.17) is 23.2 Å². The predicted octanol–water partition coefficient (Wildman–Crippen LogP) is 3.85. The molecule has 9 heteroatoms. The van der Waals surface area contributed by atoms with Crippen molar-refractivity contribution in [2.75, 3.05) is 13.1 Å². The molecule has 1 N–H and O–H groups in total. The molecule has 2 aromatic rings. The summed E-state index contributed by atoms with van der Waals surface area (Å²) in [5.41, 5.74) is 0.728. The summed E-state index contributed by atoms with van der Waals surface area (Å²) in [4.78, 5) is 12.6. The highest BCUT2D eigenvalue weighted by atomic mass is 35.5. The molecular weight excluding hydrogens is 426 g/mol. The van der Waals surface area contributed by atoms with Crippen LogP contribution in [0, 0.1) is 11.7 Å². The zero-order valence-electron chi connectivity index (χ0n) is 14.9. The number of sulfonamides is 1. The number of benzene rings is 2. The lowest BCUT2D eigenvalue weighted by Gasteiger charge is -2.31. The van der Waals surface area contributed by atoms with Crippen LogP contribution in [0.3, 0.4) is 0 Å². The number of hydrogen-bond donors (Lipinski definition) is 1. The predicted molar refractivity (Wildman–Crippen MR) is 106 cm³/mol. The van der Waals surface area contributed by atoms with Crippen LogP contribution < -0.4 is 5.32 Å². The van der Waals surface area contributed by atoms with Crippen molar-refractivity contribution >= 4 is 39.1 Å². The number of amides is 1. The van der Waals surface area contributed by atoms with Crippen LogP contribution in [-0.4, -0.2) is 31.7 Å². The van der Waals surface area contributed by atoms with Crippen molar-refractivity contribution in [2.45, 2.75) is 24.3 Å². The Hall–Kier alpha value is -1.67. The number of piperidine rings is 1. The molecular formula is C19H19Cl2FN2O3S. The van der Waals surface area contributed by atoms with Gasteiger partial charge in [-0.3, -0.25) is 4.79 Å². The van der Waals surface area contributed by atoms with Gasteiger partial charge in [0.1, 0.15) is 5.82 Å². The lowest BCUT2D eigenvalue weighted by molar-refractivity contribution is -0.126. The molecule has 0 saturated carbocycles. The Morgan fingerprint density at radius 1 is 1.18 bits per heavy atom. The van der Waals surface area contributed by atoms with E-state index in [0.717, 1.165) is 17.7 Å². The molecule has 1 atom stereocenters. The lowest BCUT2D eigenvalue weighted by atomic mass is 9.99. The number of carbonyl (C=O) groups excluding carboxylic acids is 1. The molecule has 1 heterocycles. The normalized spacial score (nSPS) is 18.0. The fraction of sp³-hybridized carbons (Fsp3) is 0.316. The minimum atomic E-state index is -3.77. The molecule has 0 unspecified atom stereocenters. The van der Waals surface area contributed by atoms with E-state index in [0.29, 0.717) is 29.4 Å². The van der Waals surface area contributed by atoms with Gasteiger partial charge >= 0.3 is 0 Å². The van der Waals surface area contributed by atoms with E-state index in [1.165, 1.54) is 16.4 Å². The second-order valence-electron chi connectivity index (χ2n) is 6.61. The first-order chi connectivity index (χ1) is 13.3. The summed E-state index contributed by atoms with van der Waals surface area (Å²) in [6, 6.07) is 9.70. The molecule has 0 aromatic heterocycles. The SMILES string of the molecule is O=C(NCc1ccc(Cl)cc1Cl)[C@H]1CCCN(S(=O)(=O)c2ccc(F)cc2)C1. The quantitative estimate of drug-likeness (QED) is 0.761.